The van der Waals surface area contributed by atoms with Crippen molar-refractivity contribution in [2.75, 3.05) is 24.2 Å². The van der Waals surface area contributed by atoms with Crippen LogP contribution in [0.1, 0.15) is 36.1 Å². The highest BCUT2D eigenvalue weighted by Crippen LogP contribution is 2.27. The number of nitrogens with zero attached hydrogens (tertiary/aromatic N) is 2. The molecule has 40 heavy (non-hydrogen) atoms. The highest BCUT2D eigenvalue weighted by Gasteiger charge is 2.34. The summed E-state index contributed by atoms with van der Waals surface area (Å²) in [4.78, 5) is 29.3. The zero-order chi connectivity index (χ0) is 29.4. The molecule has 0 aliphatic carbocycles. The Morgan fingerprint density at radius 1 is 0.900 bits per heavy atom. The standard InChI is InChI=1S/C31H39N3O5S/c1-22(2)32-31(36)28(19-25-14-8-7-9-15-25)33(20-26-16-11-17-27(18-26)39-5)29(35)21-34(40(6,37)38)30-23(3)12-10-13-24(30)4/h7-18,22,28H,19-21H2,1-6H3,(H,32,36)/t28-/m0/s1. The summed E-state index contributed by atoms with van der Waals surface area (Å²) in [5.41, 5.74) is 3.56. The van der Waals surface area contributed by atoms with Crippen molar-refractivity contribution in [1.82, 2.24) is 10.2 Å². The Kier molecular flexibility index (Phi) is 10.3. The molecule has 0 saturated carbocycles. The van der Waals surface area contributed by atoms with Crippen LogP contribution in [0.15, 0.2) is 72.8 Å². The molecule has 3 rings (SSSR count). The topological polar surface area (TPSA) is 96.0 Å². The molecule has 0 aliphatic heterocycles. The fourth-order valence-electron chi connectivity index (χ4n) is 4.68. The SMILES string of the molecule is COc1cccc(CN(C(=O)CN(c2c(C)cccc2C)S(C)(=O)=O)[C@@H](Cc2ccccc2)C(=O)NC(C)C)c1. The van der Waals surface area contributed by atoms with E-state index in [1.807, 2.05) is 88.4 Å². The van der Waals surface area contributed by atoms with Crippen molar-refractivity contribution in [1.29, 1.82) is 0 Å². The molecule has 0 bridgehead atoms. The van der Waals surface area contributed by atoms with Crippen molar-refractivity contribution in [2.24, 2.45) is 0 Å². The lowest BCUT2D eigenvalue weighted by molar-refractivity contribution is -0.140. The van der Waals surface area contributed by atoms with Crippen LogP contribution in [-0.4, -0.2) is 57.1 Å². The number of carbonyl (C=O) groups excluding carboxylic acids is 2. The lowest BCUT2D eigenvalue weighted by Crippen LogP contribution is -2.54. The van der Waals surface area contributed by atoms with Gasteiger partial charge in [-0.25, -0.2) is 8.42 Å². The Balaban J connectivity index is 2.10. The van der Waals surface area contributed by atoms with Crippen molar-refractivity contribution in [3.8, 4) is 5.75 Å². The minimum atomic E-state index is -3.83. The number of aryl methyl sites for hydroxylation is 2. The molecule has 0 heterocycles. The fraction of sp³-hybridized carbons (Fsp3) is 0.355. The number of hydrogen-bond donors (Lipinski definition) is 1. The molecular weight excluding hydrogens is 526 g/mol. The maximum Gasteiger partial charge on any atom is 0.244 e. The maximum atomic E-state index is 14.2. The third kappa shape index (κ3) is 8.08. The zero-order valence-corrected chi connectivity index (χ0v) is 24.9. The molecule has 1 N–H and O–H groups in total. The molecule has 0 fully saturated rings. The van der Waals surface area contributed by atoms with Crippen LogP contribution in [0.3, 0.4) is 0 Å². The van der Waals surface area contributed by atoms with Gasteiger partial charge in [0.15, 0.2) is 0 Å². The van der Waals surface area contributed by atoms with Gasteiger partial charge in [-0.05, 0) is 62.1 Å². The van der Waals surface area contributed by atoms with Crippen LogP contribution in [-0.2, 0) is 32.6 Å². The van der Waals surface area contributed by atoms with E-state index in [0.29, 0.717) is 11.4 Å². The van der Waals surface area contributed by atoms with Gasteiger partial charge in [-0.2, -0.15) is 0 Å². The quantitative estimate of drug-likeness (QED) is 0.354. The molecular formula is C31H39N3O5S. The van der Waals surface area contributed by atoms with Crippen LogP contribution in [0.5, 0.6) is 5.75 Å². The predicted octanol–water partition coefficient (Wildman–Crippen LogP) is 4.24. The molecule has 3 aromatic rings. The number of amides is 2. The first-order valence-corrected chi connectivity index (χ1v) is 15.1. The Morgan fingerprint density at radius 2 is 1.50 bits per heavy atom. The molecule has 0 aliphatic rings. The number of ether oxygens (including phenoxy) is 1. The lowest BCUT2D eigenvalue weighted by atomic mass is 10.0. The summed E-state index contributed by atoms with van der Waals surface area (Å²) >= 11 is 0. The highest BCUT2D eigenvalue weighted by molar-refractivity contribution is 7.92. The number of anilines is 1. The molecule has 0 spiro atoms. The molecule has 0 saturated heterocycles. The number of hydrogen-bond acceptors (Lipinski definition) is 5. The van der Waals surface area contributed by atoms with E-state index in [1.54, 1.807) is 19.2 Å². The van der Waals surface area contributed by atoms with Crippen molar-refractivity contribution in [3.63, 3.8) is 0 Å². The minimum Gasteiger partial charge on any atom is -0.497 e. The Bertz CT molecular complexity index is 1400. The predicted molar refractivity (Wildman–Crippen MR) is 159 cm³/mol. The van der Waals surface area contributed by atoms with Gasteiger partial charge in [0.1, 0.15) is 18.3 Å². The second-order valence-corrected chi connectivity index (χ2v) is 12.2. The first-order chi connectivity index (χ1) is 18.9. The van der Waals surface area contributed by atoms with E-state index < -0.39 is 28.5 Å². The van der Waals surface area contributed by atoms with Crippen molar-refractivity contribution in [3.05, 3.63) is 95.1 Å². The van der Waals surface area contributed by atoms with Crippen LogP contribution in [0.25, 0.3) is 0 Å². The number of rotatable bonds is 12. The van der Waals surface area contributed by atoms with Gasteiger partial charge in [-0.3, -0.25) is 13.9 Å². The maximum absolute atomic E-state index is 14.2. The van der Waals surface area contributed by atoms with Crippen molar-refractivity contribution < 1.29 is 22.7 Å². The summed E-state index contributed by atoms with van der Waals surface area (Å²) in [7, 11) is -2.27. The van der Waals surface area contributed by atoms with Gasteiger partial charge < -0.3 is 15.0 Å². The molecule has 214 valence electrons. The normalized spacial score (nSPS) is 12.1. The first kappa shape index (κ1) is 30.7. The number of methoxy groups -OCH3 is 1. The molecule has 8 nitrogen and oxygen atoms in total. The van der Waals surface area contributed by atoms with Gasteiger partial charge in [0, 0.05) is 19.0 Å². The van der Waals surface area contributed by atoms with Gasteiger partial charge in [-0.1, -0.05) is 60.7 Å². The fourth-order valence-corrected chi connectivity index (χ4v) is 5.64. The van der Waals surface area contributed by atoms with Gasteiger partial charge in [0.25, 0.3) is 0 Å². The Morgan fingerprint density at radius 3 is 2.08 bits per heavy atom. The average molecular weight is 566 g/mol. The molecule has 2 amide bonds. The van der Waals surface area contributed by atoms with Crippen LogP contribution >= 0.6 is 0 Å². The van der Waals surface area contributed by atoms with E-state index in [4.69, 9.17) is 4.74 Å². The number of para-hydroxylation sites is 1. The van der Waals surface area contributed by atoms with E-state index in [9.17, 15) is 18.0 Å². The summed E-state index contributed by atoms with van der Waals surface area (Å²) in [6.07, 6.45) is 1.35. The van der Waals surface area contributed by atoms with E-state index in [-0.39, 0.29) is 24.9 Å². The summed E-state index contributed by atoms with van der Waals surface area (Å²) in [5.74, 6) is -0.187. The molecule has 9 heteroatoms. The third-order valence-corrected chi connectivity index (χ3v) is 7.67. The van der Waals surface area contributed by atoms with Gasteiger partial charge >= 0.3 is 0 Å². The van der Waals surface area contributed by atoms with E-state index in [0.717, 1.165) is 32.8 Å². The summed E-state index contributed by atoms with van der Waals surface area (Å²) in [5, 5.41) is 2.95. The highest BCUT2D eigenvalue weighted by atomic mass is 32.2. The second-order valence-electron chi connectivity index (χ2n) is 10.3. The number of nitrogens with one attached hydrogen (secondary N) is 1. The largest absolute Gasteiger partial charge is 0.497 e. The van der Waals surface area contributed by atoms with Crippen molar-refractivity contribution >= 4 is 27.5 Å². The smallest absolute Gasteiger partial charge is 0.244 e. The molecule has 1 atom stereocenters. The first-order valence-electron chi connectivity index (χ1n) is 13.2. The van der Waals surface area contributed by atoms with E-state index in [2.05, 4.69) is 5.32 Å². The zero-order valence-electron chi connectivity index (χ0n) is 24.0. The summed E-state index contributed by atoms with van der Waals surface area (Å²) < 4.78 is 32.6. The molecule has 0 unspecified atom stereocenters. The molecule has 3 aromatic carbocycles. The van der Waals surface area contributed by atoms with Crippen LogP contribution < -0.4 is 14.4 Å². The van der Waals surface area contributed by atoms with Gasteiger partial charge in [0.2, 0.25) is 21.8 Å². The van der Waals surface area contributed by atoms with Crippen LogP contribution in [0.2, 0.25) is 0 Å². The van der Waals surface area contributed by atoms with E-state index >= 15 is 0 Å². The van der Waals surface area contributed by atoms with Crippen LogP contribution in [0.4, 0.5) is 5.69 Å². The van der Waals surface area contributed by atoms with Gasteiger partial charge in [-0.15, -0.1) is 0 Å². The monoisotopic (exact) mass is 565 g/mol. The van der Waals surface area contributed by atoms with Crippen LogP contribution in [0, 0.1) is 13.8 Å². The number of sulfonamides is 1. The van der Waals surface area contributed by atoms with Crippen molar-refractivity contribution in [2.45, 2.75) is 52.7 Å². The number of benzene rings is 3. The summed E-state index contributed by atoms with van der Waals surface area (Å²) in [6.45, 7) is 6.98. The third-order valence-electron chi connectivity index (χ3n) is 6.56. The lowest BCUT2D eigenvalue weighted by Gasteiger charge is -2.34. The Labute approximate surface area is 238 Å². The molecule has 0 aromatic heterocycles. The summed E-state index contributed by atoms with van der Waals surface area (Å²) in [6, 6.07) is 21.2. The molecule has 0 radical (unpaired) electrons. The van der Waals surface area contributed by atoms with E-state index in [1.165, 1.54) is 4.90 Å². The Hall–Kier alpha value is -3.85. The van der Waals surface area contributed by atoms with Gasteiger partial charge in [0.05, 0.1) is 19.1 Å². The average Bonchev–Trinajstić information content (AvgIpc) is 2.89. The number of carbonyl (C=O) groups is 2. The minimum absolute atomic E-state index is 0.0867. The second kappa shape index (κ2) is 13.5.